The summed E-state index contributed by atoms with van der Waals surface area (Å²) >= 11 is 0. The fraction of sp³-hybridized carbons (Fsp3) is 1.00. The Morgan fingerprint density at radius 1 is 1.30 bits per heavy atom. The molecule has 0 aromatic rings. The van der Waals surface area contributed by atoms with Gasteiger partial charge in [0, 0.05) is 6.04 Å². The lowest BCUT2D eigenvalue weighted by Crippen LogP contribution is -2.28. The molecule has 2 nitrogen and oxygen atoms in total. The van der Waals surface area contributed by atoms with Gasteiger partial charge in [-0.3, -0.25) is 0 Å². The Morgan fingerprint density at radius 2 is 2.00 bits per heavy atom. The van der Waals surface area contributed by atoms with E-state index in [1.54, 1.807) is 0 Å². The monoisotopic (exact) mass is 144 g/mol. The lowest BCUT2D eigenvalue weighted by atomic mass is 10.1. The van der Waals surface area contributed by atoms with Crippen molar-refractivity contribution >= 4 is 0 Å². The first-order valence-corrected chi connectivity index (χ1v) is 4.23. The normalized spacial score (nSPS) is 13.5. The van der Waals surface area contributed by atoms with E-state index in [4.69, 9.17) is 0 Å². The van der Waals surface area contributed by atoms with E-state index in [2.05, 4.69) is 24.5 Å². The first-order chi connectivity index (χ1) is 4.85. The Labute approximate surface area is 64.4 Å². The Morgan fingerprint density at radius 3 is 2.40 bits per heavy atom. The van der Waals surface area contributed by atoms with Crippen LogP contribution >= 0.6 is 0 Å². The zero-order valence-electron chi connectivity index (χ0n) is 7.41. The third kappa shape index (κ3) is 4.77. The van der Waals surface area contributed by atoms with E-state index in [1.165, 1.54) is 12.8 Å². The molecule has 0 bridgehead atoms. The molecule has 0 spiro atoms. The van der Waals surface area contributed by atoms with Gasteiger partial charge in [-0.05, 0) is 33.0 Å². The van der Waals surface area contributed by atoms with Crippen molar-refractivity contribution in [2.24, 2.45) is 0 Å². The smallest absolute Gasteiger partial charge is 0.00735 e. The van der Waals surface area contributed by atoms with Crippen molar-refractivity contribution in [1.82, 2.24) is 10.6 Å². The average molecular weight is 144 g/mol. The second-order valence-electron chi connectivity index (χ2n) is 2.54. The van der Waals surface area contributed by atoms with Crippen LogP contribution in [0, 0.1) is 0 Å². The maximum Gasteiger partial charge on any atom is 0.00735 e. The molecule has 0 saturated heterocycles. The highest BCUT2D eigenvalue weighted by atomic mass is 14.9. The van der Waals surface area contributed by atoms with Crippen LogP contribution in [0.3, 0.4) is 0 Å². The average Bonchev–Trinajstić information content (AvgIpc) is 1.99. The van der Waals surface area contributed by atoms with Crippen molar-refractivity contribution in [3.8, 4) is 0 Å². The van der Waals surface area contributed by atoms with Crippen LogP contribution in [-0.4, -0.2) is 26.2 Å². The molecule has 1 atom stereocenters. The molecule has 0 aliphatic heterocycles. The first-order valence-electron chi connectivity index (χ1n) is 4.23. The minimum absolute atomic E-state index is 0.694. The van der Waals surface area contributed by atoms with Gasteiger partial charge < -0.3 is 10.6 Å². The zero-order chi connectivity index (χ0) is 7.82. The Kier molecular flexibility index (Phi) is 6.98. The van der Waals surface area contributed by atoms with Gasteiger partial charge in [0.15, 0.2) is 0 Å². The van der Waals surface area contributed by atoms with Crippen LogP contribution in [0.5, 0.6) is 0 Å². The molecule has 0 saturated carbocycles. The lowest BCUT2D eigenvalue weighted by molar-refractivity contribution is 0.490. The van der Waals surface area contributed by atoms with Gasteiger partial charge in [-0.25, -0.2) is 0 Å². The van der Waals surface area contributed by atoms with Crippen LogP contribution in [-0.2, 0) is 0 Å². The summed E-state index contributed by atoms with van der Waals surface area (Å²) in [6.07, 6.45) is 2.46. The summed E-state index contributed by atoms with van der Waals surface area (Å²) in [5, 5.41) is 6.58. The number of hydrogen-bond donors (Lipinski definition) is 2. The number of rotatable bonds is 6. The van der Waals surface area contributed by atoms with Crippen LogP contribution in [0.25, 0.3) is 0 Å². The van der Waals surface area contributed by atoms with E-state index in [0.29, 0.717) is 6.04 Å². The molecule has 0 radical (unpaired) electrons. The van der Waals surface area contributed by atoms with Gasteiger partial charge in [-0.2, -0.15) is 0 Å². The quantitative estimate of drug-likeness (QED) is 0.543. The molecule has 0 rings (SSSR count). The Balaban J connectivity index is 3.09. The van der Waals surface area contributed by atoms with Crippen LogP contribution in [0.15, 0.2) is 0 Å². The molecule has 0 aromatic carbocycles. The van der Waals surface area contributed by atoms with Crippen LogP contribution in [0.4, 0.5) is 0 Å². The summed E-state index contributed by atoms with van der Waals surface area (Å²) in [5.74, 6) is 0. The van der Waals surface area contributed by atoms with Crippen molar-refractivity contribution in [1.29, 1.82) is 0 Å². The van der Waals surface area contributed by atoms with Gasteiger partial charge in [0.1, 0.15) is 0 Å². The fourth-order valence-corrected chi connectivity index (χ4v) is 1.01. The van der Waals surface area contributed by atoms with Crippen molar-refractivity contribution in [2.45, 2.75) is 32.7 Å². The topological polar surface area (TPSA) is 24.1 Å². The molecule has 0 amide bonds. The molecule has 1 unspecified atom stereocenters. The third-order valence-electron chi connectivity index (χ3n) is 1.82. The Bertz CT molecular complexity index is 60.3. The highest BCUT2D eigenvalue weighted by Gasteiger charge is 1.99. The highest BCUT2D eigenvalue weighted by Crippen LogP contribution is 1.93. The summed E-state index contributed by atoms with van der Waals surface area (Å²) < 4.78 is 0. The largest absolute Gasteiger partial charge is 0.317 e. The zero-order valence-corrected chi connectivity index (χ0v) is 7.41. The summed E-state index contributed by atoms with van der Waals surface area (Å²) in [5.41, 5.74) is 0. The third-order valence-corrected chi connectivity index (χ3v) is 1.82. The second kappa shape index (κ2) is 7.03. The molecule has 0 heterocycles. The number of hydrogen-bond acceptors (Lipinski definition) is 2. The Hall–Kier alpha value is -0.0800. The fourth-order valence-electron chi connectivity index (χ4n) is 1.01. The van der Waals surface area contributed by atoms with E-state index in [1.807, 2.05) is 7.05 Å². The standard InChI is InChI=1S/C8H20N2/c1-4-8(9-3)6-7-10-5-2/h8-10H,4-7H2,1-3H3. The van der Waals surface area contributed by atoms with E-state index in [-0.39, 0.29) is 0 Å². The molecule has 0 fully saturated rings. The predicted molar refractivity (Wildman–Crippen MR) is 46.3 cm³/mol. The van der Waals surface area contributed by atoms with E-state index >= 15 is 0 Å². The van der Waals surface area contributed by atoms with Crippen molar-refractivity contribution in [2.75, 3.05) is 20.1 Å². The highest BCUT2D eigenvalue weighted by molar-refractivity contribution is 4.62. The van der Waals surface area contributed by atoms with Gasteiger partial charge in [0.05, 0.1) is 0 Å². The van der Waals surface area contributed by atoms with Gasteiger partial charge in [-0.15, -0.1) is 0 Å². The van der Waals surface area contributed by atoms with E-state index in [9.17, 15) is 0 Å². The van der Waals surface area contributed by atoms with E-state index < -0.39 is 0 Å². The van der Waals surface area contributed by atoms with Crippen LogP contribution in [0.2, 0.25) is 0 Å². The van der Waals surface area contributed by atoms with Gasteiger partial charge in [0.25, 0.3) is 0 Å². The minimum Gasteiger partial charge on any atom is -0.317 e. The lowest BCUT2D eigenvalue weighted by Gasteiger charge is -2.12. The molecular weight excluding hydrogens is 124 g/mol. The predicted octanol–water partition coefficient (Wildman–Crippen LogP) is 0.984. The molecule has 0 aliphatic rings. The molecule has 10 heavy (non-hydrogen) atoms. The van der Waals surface area contributed by atoms with Crippen molar-refractivity contribution in [3.05, 3.63) is 0 Å². The maximum atomic E-state index is 3.31. The van der Waals surface area contributed by atoms with Gasteiger partial charge in [0.2, 0.25) is 0 Å². The SMILES string of the molecule is CCNCCC(CC)NC. The molecule has 62 valence electrons. The van der Waals surface area contributed by atoms with Crippen molar-refractivity contribution < 1.29 is 0 Å². The summed E-state index contributed by atoms with van der Waals surface area (Å²) in [4.78, 5) is 0. The van der Waals surface area contributed by atoms with Gasteiger partial charge >= 0.3 is 0 Å². The molecular formula is C8H20N2. The first kappa shape index (κ1) is 9.92. The summed E-state index contributed by atoms with van der Waals surface area (Å²) in [6.45, 7) is 6.57. The second-order valence-corrected chi connectivity index (χ2v) is 2.54. The molecule has 0 aliphatic carbocycles. The van der Waals surface area contributed by atoms with Crippen LogP contribution in [0.1, 0.15) is 26.7 Å². The molecule has 2 heteroatoms. The maximum absolute atomic E-state index is 3.31. The summed E-state index contributed by atoms with van der Waals surface area (Å²) in [6, 6.07) is 0.694. The number of nitrogens with one attached hydrogen (secondary N) is 2. The van der Waals surface area contributed by atoms with Gasteiger partial charge in [-0.1, -0.05) is 13.8 Å². The minimum atomic E-state index is 0.694. The van der Waals surface area contributed by atoms with Crippen molar-refractivity contribution in [3.63, 3.8) is 0 Å². The molecule has 0 aromatic heterocycles. The summed E-state index contributed by atoms with van der Waals surface area (Å²) in [7, 11) is 2.03. The van der Waals surface area contributed by atoms with E-state index in [0.717, 1.165) is 13.1 Å². The van der Waals surface area contributed by atoms with Crippen LogP contribution < -0.4 is 10.6 Å². The molecule has 2 N–H and O–H groups in total.